The van der Waals surface area contributed by atoms with Gasteiger partial charge in [0.1, 0.15) is 0 Å². The van der Waals surface area contributed by atoms with E-state index in [1.54, 1.807) is 0 Å². The Morgan fingerprint density at radius 3 is 1.98 bits per heavy atom. The van der Waals surface area contributed by atoms with E-state index < -0.39 is 0 Å². The molecule has 1 unspecified atom stereocenters. The van der Waals surface area contributed by atoms with Crippen LogP contribution in [0, 0.1) is 0 Å². The van der Waals surface area contributed by atoms with Crippen LogP contribution < -0.4 is 5.32 Å². The zero-order valence-corrected chi connectivity index (χ0v) is 27.0. The molecule has 0 fully saturated rings. The van der Waals surface area contributed by atoms with Crippen molar-refractivity contribution >= 4 is 38.9 Å². The first-order chi connectivity index (χ1) is 22.9. The molecule has 47 heavy (non-hydrogen) atoms. The van der Waals surface area contributed by atoms with Crippen molar-refractivity contribution in [2.45, 2.75) is 32.2 Å². The highest BCUT2D eigenvalue weighted by molar-refractivity contribution is 6.11. The van der Waals surface area contributed by atoms with Gasteiger partial charge in [-0.1, -0.05) is 136 Å². The van der Waals surface area contributed by atoms with Crippen molar-refractivity contribution < 1.29 is 0 Å². The highest BCUT2D eigenvalue weighted by Crippen LogP contribution is 2.50. The Labute approximate surface area is 276 Å². The van der Waals surface area contributed by atoms with Crippen molar-refractivity contribution in [3.8, 4) is 16.8 Å². The van der Waals surface area contributed by atoms with Crippen LogP contribution >= 0.6 is 0 Å². The Morgan fingerprint density at radius 1 is 0.660 bits per heavy atom. The molecule has 0 spiro atoms. The summed E-state index contributed by atoms with van der Waals surface area (Å²) in [5.41, 5.74) is 13.6. The molecule has 0 saturated carbocycles. The summed E-state index contributed by atoms with van der Waals surface area (Å²) in [7, 11) is 0. The van der Waals surface area contributed by atoms with Gasteiger partial charge in [0.15, 0.2) is 0 Å². The molecule has 228 valence electrons. The summed E-state index contributed by atoms with van der Waals surface area (Å²) in [6.45, 7) is 10.9. The first-order valence-corrected chi connectivity index (χ1v) is 16.3. The van der Waals surface area contributed by atoms with E-state index in [2.05, 4.69) is 146 Å². The summed E-state index contributed by atoms with van der Waals surface area (Å²) in [6.07, 6.45) is 0. The molecule has 0 saturated heterocycles. The molecule has 6 aromatic carbocycles. The van der Waals surface area contributed by atoms with Crippen LogP contribution in [0.15, 0.2) is 157 Å². The minimum Gasteiger partial charge on any atom is -0.377 e. The normalized spacial score (nSPS) is 15.5. The Hall–Kier alpha value is -5.67. The maximum Gasteiger partial charge on any atom is 0.0633 e. The molecule has 0 amide bonds. The van der Waals surface area contributed by atoms with Crippen LogP contribution in [0.2, 0.25) is 0 Å². The Bertz CT molecular complexity index is 2290. The molecule has 0 radical (unpaired) electrons. The standard InChI is InChI=1S/C44H37N3/c1-29(31-13-7-5-8-14-31)45-30(2)32-19-21-33(22-20-32)34-23-25-36(26-24-34)47-41-18-12-11-17-37(41)38-27-40-39(28-42(38)47)44(3,4)43(46-40)35-15-9-6-10-16-35/h5-28,43,46H,1H2,2-4H3. The molecular weight excluding hydrogens is 571 g/mol. The third-order valence-corrected chi connectivity index (χ3v) is 9.83. The van der Waals surface area contributed by atoms with Crippen LogP contribution in [0.3, 0.4) is 0 Å². The van der Waals surface area contributed by atoms with Crippen LogP contribution in [0.4, 0.5) is 5.69 Å². The lowest BCUT2D eigenvalue weighted by Gasteiger charge is -2.28. The number of nitrogens with one attached hydrogen (secondary N) is 1. The molecule has 3 nitrogen and oxygen atoms in total. The fourth-order valence-electron chi connectivity index (χ4n) is 7.25. The van der Waals surface area contributed by atoms with Gasteiger partial charge in [-0.05, 0) is 70.6 Å². The first-order valence-electron chi connectivity index (χ1n) is 16.3. The number of benzene rings is 6. The summed E-state index contributed by atoms with van der Waals surface area (Å²) in [5, 5.41) is 6.41. The Balaban J connectivity index is 1.13. The lowest BCUT2D eigenvalue weighted by molar-refractivity contribution is 0.474. The molecule has 0 aliphatic carbocycles. The van der Waals surface area contributed by atoms with Gasteiger partial charge in [-0.15, -0.1) is 0 Å². The third kappa shape index (κ3) is 4.96. The van der Waals surface area contributed by atoms with Crippen molar-refractivity contribution in [1.29, 1.82) is 0 Å². The average molecular weight is 608 g/mol. The second-order valence-corrected chi connectivity index (χ2v) is 13.1. The van der Waals surface area contributed by atoms with E-state index in [0.29, 0.717) is 0 Å². The molecule has 0 bridgehead atoms. The number of aromatic nitrogens is 1. The van der Waals surface area contributed by atoms with Crippen molar-refractivity contribution in [2.24, 2.45) is 4.99 Å². The SMILES string of the molecule is C=C(N=C(C)c1ccc(-c2ccc(-n3c4ccccc4c4cc5c(cc43)C(C)(C)C(c3ccccc3)N5)cc2)cc1)c1ccccc1. The van der Waals surface area contributed by atoms with Gasteiger partial charge in [-0.3, -0.25) is 4.99 Å². The molecule has 1 aliphatic rings. The number of para-hydroxylation sites is 1. The van der Waals surface area contributed by atoms with E-state index in [-0.39, 0.29) is 11.5 Å². The fraction of sp³-hybridized carbons (Fsp3) is 0.114. The highest BCUT2D eigenvalue weighted by Gasteiger charge is 2.40. The molecule has 7 aromatic rings. The zero-order valence-electron chi connectivity index (χ0n) is 27.0. The van der Waals surface area contributed by atoms with E-state index in [0.717, 1.165) is 28.2 Å². The predicted octanol–water partition coefficient (Wildman–Crippen LogP) is 11.4. The van der Waals surface area contributed by atoms with Crippen LogP contribution in [-0.2, 0) is 5.41 Å². The number of hydrogen-bond donors (Lipinski definition) is 1. The Kier molecular flexibility index (Phi) is 6.91. The quantitative estimate of drug-likeness (QED) is 0.187. The summed E-state index contributed by atoms with van der Waals surface area (Å²) < 4.78 is 2.42. The van der Waals surface area contributed by atoms with Crippen molar-refractivity contribution in [3.05, 3.63) is 174 Å². The average Bonchev–Trinajstić information content (AvgIpc) is 3.58. The number of hydrogen-bond acceptors (Lipinski definition) is 2. The Morgan fingerprint density at radius 2 is 1.28 bits per heavy atom. The second kappa shape index (κ2) is 11.3. The molecule has 3 heteroatoms. The molecule has 1 aliphatic heterocycles. The number of nitrogens with zero attached hydrogens (tertiary/aromatic N) is 2. The second-order valence-electron chi connectivity index (χ2n) is 13.1. The van der Waals surface area contributed by atoms with Crippen LogP contribution in [0.25, 0.3) is 44.3 Å². The number of fused-ring (bicyclic) bond motifs is 4. The summed E-state index contributed by atoms with van der Waals surface area (Å²) in [6, 6.07) is 52.3. The van der Waals surface area contributed by atoms with E-state index in [4.69, 9.17) is 4.99 Å². The van der Waals surface area contributed by atoms with Crippen LogP contribution in [-0.4, -0.2) is 10.3 Å². The maximum absolute atomic E-state index is 4.78. The minimum absolute atomic E-state index is 0.0694. The number of aliphatic imine (C=N–C) groups is 1. The van der Waals surface area contributed by atoms with Gasteiger partial charge in [0.25, 0.3) is 0 Å². The largest absolute Gasteiger partial charge is 0.377 e. The monoisotopic (exact) mass is 607 g/mol. The lowest BCUT2D eigenvalue weighted by Crippen LogP contribution is -2.25. The maximum atomic E-state index is 4.78. The number of rotatable bonds is 6. The fourth-order valence-corrected chi connectivity index (χ4v) is 7.25. The summed E-state index contributed by atoms with van der Waals surface area (Å²) in [5.74, 6) is 0. The van der Waals surface area contributed by atoms with Gasteiger partial charge in [0, 0.05) is 33.3 Å². The van der Waals surface area contributed by atoms with Crippen LogP contribution in [0.1, 0.15) is 49.1 Å². The van der Waals surface area contributed by atoms with Gasteiger partial charge in [-0.25, -0.2) is 0 Å². The molecule has 1 aromatic heterocycles. The number of anilines is 1. The van der Waals surface area contributed by atoms with E-state index in [1.807, 2.05) is 37.3 Å². The van der Waals surface area contributed by atoms with Gasteiger partial charge in [0.2, 0.25) is 0 Å². The highest BCUT2D eigenvalue weighted by atomic mass is 15.0. The van der Waals surface area contributed by atoms with E-state index in [1.165, 1.54) is 49.7 Å². The van der Waals surface area contributed by atoms with Gasteiger partial charge < -0.3 is 9.88 Å². The van der Waals surface area contributed by atoms with E-state index in [9.17, 15) is 0 Å². The molecule has 1 atom stereocenters. The van der Waals surface area contributed by atoms with Gasteiger partial charge >= 0.3 is 0 Å². The summed E-state index contributed by atoms with van der Waals surface area (Å²) in [4.78, 5) is 4.78. The first kappa shape index (κ1) is 28.8. The summed E-state index contributed by atoms with van der Waals surface area (Å²) >= 11 is 0. The van der Waals surface area contributed by atoms with Gasteiger partial charge in [-0.2, -0.15) is 0 Å². The van der Waals surface area contributed by atoms with Gasteiger partial charge in [0.05, 0.1) is 22.8 Å². The van der Waals surface area contributed by atoms with Crippen molar-refractivity contribution in [3.63, 3.8) is 0 Å². The lowest BCUT2D eigenvalue weighted by atomic mass is 9.77. The third-order valence-electron chi connectivity index (χ3n) is 9.83. The van der Waals surface area contributed by atoms with Crippen LogP contribution in [0.5, 0.6) is 0 Å². The molecule has 8 rings (SSSR count). The molecule has 2 heterocycles. The molecular formula is C44H37N3. The minimum atomic E-state index is -0.0694. The smallest absolute Gasteiger partial charge is 0.0633 e. The van der Waals surface area contributed by atoms with Crippen molar-refractivity contribution in [1.82, 2.24) is 4.57 Å². The zero-order chi connectivity index (χ0) is 32.1. The predicted molar refractivity (Wildman–Crippen MR) is 200 cm³/mol. The molecule has 1 N–H and O–H groups in total. The topological polar surface area (TPSA) is 29.3 Å². The van der Waals surface area contributed by atoms with Crippen molar-refractivity contribution in [2.75, 3.05) is 5.32 Å². The van der Waals surface area contributed by atoms with E-state index >= 15 is 0 Å².